The number of halogens is 2. The Bertz CT molecular complexity index is 1340. The molecule has 0 spiro atoms. The summed E-state index contributed by atoms with van der Waals surface area (Å²) < 4.78 is 41.3. The Balaban J connectivity index is 1.40. The lowest BCUT2D eigenvalue weighted by molar-refractivity contribution is -0.122. The van der Waals surface area contributed by atoms with E-state index in [1.165, 1.54) is 46.8 Å². The number of rotatable bonds is 7. The molecule has 0 saturated carbocycles. The average molecular weight is 552 g/mol. The first-order valence-electron chi connectivity index (χ1n) is 11.3. The van der Waals surface area contributed by atoms with E-state index in [-0.39, 0.29) is 39.0 Å². The van der Waals surface area contributed by atoms with Gasteiger partial charge < -0.3 is 5.32 Å². The van der Waals surface area contributed by atoms with Crippen molar-refractivity contribution in [2.24, 2.45) is 0 Å². The fourth-order valence-corrected chi connectivity index (χ4v) is 6.77. The Kier molecular flexibility index (Phi) is 8.13. The van der Waals surface area contributed by atoms with E-state index in [2.05, 4.69) is 5.32 Å². The third-order valence-corrected chi connectivity index (χ3v) is 9.10. The minimum Gasteiger partial charge on any atom is -0.350 e. The van der Waals surface area contributed by atoms with E-state index in [9.17, 15) is 27.2 Å². The second-order valence-corrected chi connectivity index (χ2v) is 11.5. The summed E-state index contributed by atoms with van der Waals surface area (Å²) in [6.07, 6.45) is 3.81. The summed E-state index contributed by atoms with van der Waals surface area (Å²) in [6, 6.07) is 9.89. The summed E-state index contributed by atoms with van der Waals surface area (Å²) >= 11 is 6.85. The monoisotopic (exact) mass is 551 g/mol. The van der Waals surface area contributed by atoms with Crippen LogP contribution in [0.1, 0.15) is 35.2 Å². The normalized spacial score (nSPS) is 18.2. The molecule has 0 bridgehead atoms. The van der Waals surface area contributed by atoms with Crippen LogP contribution in [-0.4, -0.2) is 60.9 Å². The molecule has 2 fully saturated rings. The van der Waals surface area contributed by atoms with Gasteiger partial charge in [-0.15, -0.1) is 0 Å². The van der Waals surface area contributed by atoms with Crippen molar-refractivity contribution < 1.29 is 27.2 Å². The van der Waals surface area contributed by atoms with Crippen LogP contribution in [0.5, 0.6) is 0 Å². The Morgan fingerprint density at radius 2 is 1.83 bits per heavy atom. The summed E-state index contributed by atoms with van der Waals surface area (Å²) in [7, 11) is -3.84. The lowest BCUT2D eigenvalue weighted by Gasteiger charge is -2.26. The first-order chi connectivity index (χ1) is 17.2. The van der Waals surface area contributed by atoms with Crippen LogP contribution in [0, 0.1) is 5.82 Å². The zero-order valence-corrected chi connectivity index (χ0v) is 21.5. The van der Waals surface area contributed by atoms with Crippen LogP contribution < -0.4 is 5.32 Å². The molecule has 190 valence electrons. The molecule has 4 rings (SSSR count). The van der Waals surface area contributed by atoms with Gasteiger partial charge in [-0.1, -0.05) is 36.2 Å². The van der Waals surface area contributed by atoms with Gasteiger partial charge in [-0.25, -0.2) is 12.8 Å². The van der Waals surface area contributed by atoms with Gasteiger partial charge in [0.2, 0.25) is 10.0 Å². The van der Waals surface area contributed by atoms with Crippen molar-refractivity contribution in [3.63, 3.8) is 0 Å². The van der Waals surface area contributed by atoms with Crippen LogP contribution in [0.4, 0.5) is 9.18 Å². The number of benzene rings is 2. The molecule has 2 saturated heterocycles. The summed E-state index contributed by atoms with van der Waals surface area (Å²) in [4.78, 5) is 38.5. The molecule has 0 unspecified atom stereocenters. The highest BCUT2D eigenvalue weighted by molar-refractivity contribution is 8.18. The van der Waals surface area contributed by atoms with E-state index < -0.39 is 32.9 Å². The molecule has 2 aromatic carbocycles. The predicted octanol–water partition coefficient (Wildman–Crippen LogP) is 4.12. The van der Waals surface area contributed by atoms with Crippen LogP contribution in [0.2, 0.25) is 5.02 Å². The van der Waals surface area contributed by atoms with Crippen molar-refractivity contribution in [3.05, 3.63) is 69.3 Å². The molecule has 2 aliphatic heterocycles. The molecule has 1 N–H and O–H groups in total. The molecular formula is C24H23ClFN3O5S2. The Morgan fingerprint density at radius 3 is 2.56 bits per heavy atom. The zero-order valence-electron chi connectivity index (χ0n) is 19.1. The fourth-order valence-electron chi connectivity index (χ4n) is 3.90. The second-order valence-electron chi connectivity index (χ2n) is 8.22. The highest BCUT2D eigenvalue weighted by atomic mass is 35.5. The molecule has 0 aliphatic carbocycles. The number of carbonyl (C=O) groups excluding carboxylic acids is 3. The second kappa shape index (κ2) is 11.1. The molecule has 2 aliphatic rings. The number of piperidine rings is 1. The first-order valence-corrected chi connectivity index (χ1v) is 13.9. The molecule has 0 atom stereocenters. The maximum atomic E-state index is 13.9. The van der Waals surface area contributed by atoms with Gasteiger partial charge in [-0.05, 0) is 54.9 Å². The number of amides is 3. The lowest BCUT2D eigenvalue weighted by atomic mass is 10.2. The van der Waals surface area contributed by atoms with Crippen molar-refractivity contribution in [1.29, 1.82) is 0 Å². The minimum atomic E-state index is -3.84. The maximum absolute atomic E-state index is 13.9. The molecular weight excluding hydrogens is 529 g/mol. The first kappa shape index (κ1) is 26.3. The number of imide groups is 1. The number of nitrogens with zero attached hydrogens (tertiary/aromatic N) is 2. The SMILES string of the molecule is O=C(NCCN1C(=O)S/C(=C\c2ccccc2F)C1=O)c1ccc(Cl)c(S(=O)(=O)N2CCCCC2)c1. The van der Waals surface area contributed by atoms with Gasteiger partial charge in [0.15, 0.2) is 0 Å². The van der Waals surface area contributed by atoms with E-state index in [0.717, 1.165) is 24.2 Å². The molecule has 3 amide bonds. The van der Waals surface area contributed by atoms with Gasteiger partial charge in [-0.3, -0.25) is 19.3 Å². The van der Waals surface area contributed by atoms with Gasteiger partial charge in [0.1, 0.15) is 10.7 Å². The van der Waals surface area contributed by atoms with Gasteiger partial charge >= 0.3 is 0 Å². The molecule has 2 aromatic rings. The van der Waals surface area contributed by atoms with E-state index in [4.69, 9.17) is 11.6 Å². The quantitative estimate of drug-likeness (QED) is 0.519. The Labute approximate surface area is 217 Å². The van der Waals surface area contributed by atoms with Crippen molar-refractivity contribution in [2.45, 2.75) is 24.2 Å². The maximum Gasteiger partial charge on any atom is 0.293 e. The van der Waals surface area contributed by atoms with Crippen molar-refractivity contribution in [2.75, 3.05) is 26.2 Å². The summed E-state index contributed by atoms with van der Waals surface area (Å²) in [5.41, 5.74) is 0.276. The van der Waals surface area contributed by atoms with E-state index in [1.54, 1.807) is 6.07 Å². The zero-order chi connectivity index (χ0) is 25.9. The average Bonchev–Trinajstić information content (AvgIpc) is 3.13. The van der Waals surface area contributed by atoms with E-state index >= 15 is 0 Å². The van der Waals surface area contributed by atoms with Crippen molar-refractivity contribution >= 4 is 56.5 Å². The topological polar surface area (TPSA) is 104 Å². The largest absolute Gasteiger partial charge is 0.350 e. The smallest absolute Gasteiger partial charge is 0.293 e. The van der Waals surface area contributed by atoms with Gasteiger partial charge in [0, 0.05) is 37.3 Å². The number of hydrogen-bond acceptors (Lipinski definition) is 6. The van der Waals surface area contributed by atoms with Crippen LogP contribution in [-0.2, 0) is 14.8 Å². The third kappa shape index (κ3) is 5.64. The van der Waals surface area contributed by atoms with Gasteiger partial charge in [-0.2, -0.15) is 4.31 Å². The lowest BCUT2D eigenvalue weighted by Crippen LogP contribution is -2.37. The van der Waals surface area contributed by atoms with Gasteiger partial charge in [0.05, 0.1) is 9.93 Å². The Morgan fingerprint density at radius 1 is 1.11 bits per heavy atom. The summed E-state index contributed by atoms with van der Waals surface area (Å²) in [5.74, 6) is -1.67. The number of thioether (sulfide) groups is 1. The summed E-state index contributed by atoms with van der Waals surface area (Å²) in [5, 5.41) is 2.09. The van der Waals surface area contributed by atoms with Crippen LogP contribution in [0.15, 0.2) is 52.3 Å². The molecule has 0 radical (unpaired) electrons. The van der Waals surface area contributed by atoms with Crippen LogP contribution in [0.3, 0.4) is 0 Å². The van der Waals surface area contributed by atoms with E-state index in [0.29, 0.717) is 24.9 Å². The predicted molar refractivity (Wildman–Crippen MR) is 135 cm³/mol. The number of carbonyl (C=O) groups is 3. The molecule has 2 heterocycles. The fraction of sp³-hybridized carbons (Fsp3) is 0.292. The van der Waals surface area contributed by atoms with Crippen LogP contribution >= 0.6 is 23.4 Å². The van der Waals surface area contributed by atoms with Crippen LogP contribution in [0.25, 0.3) is 6.08 Å². The number of sulfonamides is 1. The highest BCUT2D eigenvalue weighted by Gasteiger charge is 2.35. The standard InChI is InChI=1S/C24H23ClFN3O5S2/c25-18-9-8-17(15-21(18)36(33,34)28-11-4-1-5-12-28)22(30)27-10-13-29-23(31)20(35-24(29)32)14-16-6-2-3-7-19(16)26/h2-3,6-9,14-15H,1,4-5,10-13H2,(H,27,30)/b20-14-. The summed E-state index contributed by atoms with van der Waals surface area (Å²) in [6.45, 7) is 0.648. The third-order valence-electron chi connectivity index (χ3n) is 5.81. The Hall–Kier alpha value is -2.73. The highest BCUT2D eigenvalue weighted by Crippen LogP contribution is 2.32. The molecule has 8 nitrogen and oxygen atoms in total. The number of hydrogen-bond donors (Lipinski definition) is 1. The molecule has 12 heteroatoms. The van der Waals surface area contributed by atoms with Gasteiger partial charge in [0.25, 0.3) is 17.1 Å². The van der Waals surface area contributed by atoms with Crippen molar-refractivity contribution in [3.8, 4) is 0 Å². The molecule has 0 aromatic heterocycles. The van der Waals surface area contributed by atoms with E-state index in [1.807, 2.05) is 0 Å². The van der Waals surface area contributed by atoms with Crippen molar-refractivity contribution in [1.82, 2.24) is 14.5 Å². The minimum absolute atomic E-state index is 0.0246. The number of nitrogens with one attached hydrogen (secondary N) is 1. The molecule has 36 heavy (non-hydrogen) atoms.